The van der Waals surface area contributed by atoms with Crippen molar-refractivity contribution in [2.75, 3.05) is 0 Å². The van der Waals surface area contributed by atoms with Crippen molar-refractivity contribution in [3.8, 4) is 51.0 Å². The molecule has 61 heavy (non-hydrogen) atoms. The molecule has 0 aliphatic heterocycles. The van der Waals surface area contributed by atoms with E-state index in [2.05, 4.69) is 162 Å². The van der Waals surface area contributed by atoms with Crippen molar-refractivity contribution in [1.29, 1.82) is 0 Å². The molecule has 0 amide bonds. The van der Waals surface area contributed by atoms with Gasteiger partial charge in [0.1, 0.15) is 11.2 Å². The Balaban J connectivity index is 1.09. The van der Waals surface area contributed by atoms with Crippen LogP contribution in [-0.4, -0.2) is 19.5 Å². The second-order valence-corrected chi connectivity index (χ2v) is 16.6. The van der Waals surface area contributed by atoms with Crippen LogP contribution < -0.4 is 0 Å². The Hall–Kier alpha value is -7.93. The predicted molar refractivity (Wildman–Crippen MR) is 254 cm³/mol. The highest BCUT2D eigenvalue weighted by Crippen LogP contribution is 2.44. The van der Waals surface area contributed by atoms with Gasteiger partial charge in [-0.1, -0.05) is 164 Å². The van der Waals surface area contributed by atoms with E-state index in [0.717, 1.165) is 76.8 Å². The number of fused-ring (bicyclic) bond motifs is 11. The number of nitrogens with zero attached hydrogens (tertiary/aromatic N) is 4. The minimum atomic E-state index is 0.545. The molecular formula is C55H32N4OS. The van der Waals surface area contributed by atoms with Gasteiger partial charge in [-0.15, -0.1) is 11.3 Å². The van der Waals surface area contributed by atoms with Crippen molar-refractivity contribution in [2.24, 2.45) is 0 Å². The first kappa shape index (κ1) is 34.0. The first-order valence-electron chi connectivity index (χ1n) is 20.4. The van der Waals surface area contributed by atoms with Gasteiger partial charge in [0.25, 0.3) is 0 Å². The van der Waals surface area contributed by atoms with Crippen LogP contribution in [0.2, 0.25) is 0 Å². The smallest absolute Gasteiger partial charge is 0.238 e. The third-order valence-corrected chi connectivity index (χ3v) is 13.3. The highest BCUT2D eigenvalue weighted by molar-refractivity contribution is 7.26. The number of benzene rings is 9. The summed E-state index contributed by atoms with van der Waals surface area (Å²) >= 11 is 1.86. The van der Waals surface area contributed by atoms with Crippen molar-refractivity contribution in [3.63, 3.8) is 0 Å². The number of para-hydroxylation sites is 2. The van der Waals surface area contributed by atoms with Gasteiger partial charge >= 0.3 is 0 Å². The van der Waals surface area contributed by atoms with Crippen molar-refractivity contribution < 1.29 is 4.42 Å². The summed E-state index contributed by atoms with van der Waals surface area (Å²) in [6.07, 6.45) is 0. The Bertz CT molecular complexity index is 3900. The molecule has 0 unspecified atom stereocenters. The lowest BCUT2D eigenvalue weighted by atomic mass is 9.96. The molecule has 0 fully saturated rings. The molecule has 0 aliphatic rings. The molecule has 0 spiro atoms. The van der Waals surface area contributed by atoms with E-state index < -0.39 is 0 Å². The maximum atomic E-state index is 6.36. The number of hydrogen-bond acceptors (Lipinski definition) is 5. The molecule has 0 bridgehead atoms. The van der Waals surface area contributed by atoms with Gasteiger partial charge in [-0.05, 0) is 52.4 Å². The Labute approximate surface area is 353 Å². The number of thiophene rings is 1. The van der Waals surface area contributed by atoms with E-state index in [0.29, 0.717) is 17.6 Å². The Morgan fingerprint density at radius 2 is 1.00 bits per heavy atom. The summed E-state index contributed by atoms with van der Waals surface area (Å²) in [5.74, 6) is 1.71. The largest absolute Gasteiger partial charge is 0.456 e. The molecule has 5 nitrogen and oxygen atoms in total. The van der Waals surface area contributed by atoms with Gasteiger partial charge in [-0.3, -0.25) is 4.57 Å². The highest BCUT2D eigenvalue weighted by Gasteiger charge is 2.23. The van der Waals surface area contributed by atoms with Gasteiger partial charge in [-0.2, -0.15) is 9.97 Å². The molecule has 0 saturated carbocycles. The Morgan fingerprint density at radius 1 is 0.377 bits per heavy atom. The Kier molecular flexibility index (Phi) is 7.41. The van der Waals surface area contributed by atoms with Gasteiger partial charge in [0.2, 0.25) is 5.95 Å². The first-order chi connectivity index (χ1) is 30.2. The van der Waals surface area contributed by atoms with E-state index in [1.807, 2.05) is 47.7 Å². The van der Waals surface area contributed by atoms with Crippen LogP contribution in [-0.2, 0) is 0 Å². The maximum absolute atomic E-state index is 6.36. The monoisotopic (exact) mass is 796 g/mol. The molecule has 13 aromatic rings. The molecule has 284 valence electrons. The van der Waals surface area contributed by atoms with Crippen molar-refractivity contribution >= 4 is 86.0 Å². The summed E-state index contributed by atoms with van der Waals surface area (Å²) in [5, 5.41) is 9.26. The van der Waals surface area contributed by atoms with E-state index in [4.69, 9.17) is 19.4 Å². The fraction of sp³-hybridized carbons (Fsp3) is 0. The predicted octanol–water partition coefficient (Wildman–Crippen LogP) is 15.1. The molecule has 0 aliphatic carbocycles. The average molecular weight is 797 g/mol. The summed E-state index contributed by atoms with van der Waals surface area (Å²) in [6.45, 7) is 0. The summed E-state index contributed by atoms with van der Waals surface area (Å²) in [4.78, 5) is 15.9. The zero-order valence-electron chi connectivity index (χ0n) is 32.6. The van der Waals surface area contributed by atoms with Gasteiger partial charge < -0.3 is 4.42 Å². The summed E-state index contributed by atoms with van der Waals surface area (Å²) in [6, 6.07) is 68.6. The van der Waals surface area contributed by atoms with Gasteiger partial charge in [-0.25, -0.2) is 4.98 Å². The van der Waals surface area contributed by atoms with Crippen LogP contribution in [0.25, 0.3) is 126 Å². The summed E-state index contributed by atoms with van der Waals surface area (Å²) < 4.78 is 11.2. The minimum absolute atomic E-state index is 0.545. The first-order valence-corrected chi connectivity index (χ1v) is 21.2. The summed E-state index contributed by atoms with van der Waals surface area (Å²) in [7, 11) is 0. The standard InChI is InChI=1S/C55H32N4OS/c1-2-14-34(15-3-1)53-56-54(37-28-29-42-41-19-6-8-25-47(41)60-48(42)32-37)58-55(57-53)59-50-38-18-5-4-13-33(38)27-30-45(50)44-23-11-21-39(51(44)59)35-16-10-17-36(31-35)40-22-12-24-46-43-20-7-9-26-49(43)61-52(40)46/h1-32H. The Morgan fingerprint density at radius 3 is 1.89 bits per heavy atom. The molecule has 9 aromatic carbocycles. The minimum Gasteiger partial charge on any atom is -0.456 e. The highest BCUT2D eigenvalue weighted by atomic mass is 32.1. The number of aromatic nitrogens is 4. The average Bonchev–Trinajstić information content (AvgIpc) is 4.01. The normalized spacial score (nSPS) is 11.9. The van der Waals surface area contributed by atoms with Gasteiger partial charge in [0.05, 0.1) is 11.0 Å². The van der Waals surface area contributed by atoms with Crippen LogP contribution in [0.5, 0.6) is 0 Å². The zero-order chi connectivity index (χ0) is 40.0. The lowest BCUT2D eigenvalue weighted by Gasteiger charge is -2.14. The second-order valence-electron chi connectivity index (χ2n) is 15.5. The molecule has 0 atom stereocenters. The van der Waals surface area contributed by atoms with Crippen molar-refractivity contribution in [1.82, 2.24) is 19.5 Å². The van der Waals surface area contributed by atoms with Crippen molar-refractivity contribution in [3.05, 3.63) is 194 Å². The third-order valence-electron chi connectivity index (χ3n) is 12.1. The van der Waals surface area contributed by atoms with Crippen LogP contribution in [0.1, 0.15) is 0 Å². The number of furan rings is 1. The van der Waals surface area contributed by atoms with Gasteiger partial charge in [0, 0.05) is 63.8 Å². The SMILES string of the molecule is c1ccc(-c2nc(-c3ccc4c(c3)oc3ccccc34)nc(-n3c4c(-c5cccc(-c6cccc7c6sc6ccccc67)c5)cccc4c4ccc5ccccc5c43)n2)cc1. The lowest BCUT2D eigenvalue weighted by molar-refractivity contribution is 0.669. The molecular weight excluding hydrogens is 765 g/mol. The molecule has 6 heteroatoms. The van der Waals surface area contributed by atoms with Crippen LogP contribution >= 0.6 is 11.3 Å². The number of hydrogen-bond donors (Lipinski definition) is 0. The van der Waals surface area contributed by atoms with E-state index in [9.17, 15) is 0 Å². The van der Waals surface area contributed by atoms with Crippen LogP contribution in [0.3, 0.4) is 0 Å². The van der Waals surface area contributed by atoms with E-state index in [1.165, 1.54) is 31.3 Å². The maximum Gasteiger partial charge on any atom is 0.238 e. The molecule has 0 saturated heterocycles. The molecule has 4 heterocycles. The second kappa shape index (κ2) is 13.3. The summed E-state index contributed by atoms with van der Waals surface area (Å²) in [5.41, 5.74) is 10.1. The lowest BCUT2D eigenvalue weighted by Crippen LogP contribution is -2.07. The van der Waals surface area contributed by atoms with E-state index in [-0.39, 0.29) is 0 Å². The van der Waals surface area contributed by atoms with Crippen LogP contribution in [0.15, 0.2) is 199 Å². The fourth-order valence-corrected chi connectivity index (χ4v) is 10.5. The van der Waals surface area contributed by atoms with Crippen LogP contribution in [0.4, 0.5) is 0 Å². The van der Waals surface area contributed by atoms with Crippen molar-refractivity contribution in [2.45, 2.75) is 0 Å². The van der Waals surface area contributed by atoms with Gasteiger partial charge in [0.15, 0.2) is 11.6 Å². The molecule has 0 N–H and O–H groups in total. The fourth-order valence-electron chi connectivity index (χ4n) is 9.26. The van der Waals surface area contributed by atoms with E-state index >= 15 is 0 Å². The molecule has 0 radical (unpaired) electrons. The van der Waals surface area contributed by atoms with E-state index in [1.54, 1.807) is 0 Å². The number of rotatable bonds is 5. The molecule has 4 aromatic heterocycles. The topological polar surface area (TPSA) is 56.7 Å². The zero-order valence-corrected chi connectivity index (χ0v) is 33.4. The van der Waals surface area contributed by atoms with Crippen LogP contribution in [0, 0.1) is 0 Å². The quantitative estimate of drug-likeness (QED) is 0.174. The third kappa shape index (κ3) is 5.29. The molecule has 13 rings (SSSR count).